The normalized spacial score (nSPS) is 16.6. The Labute approximate surface area is 210 Å². The van der Waals surface area contributed by atoms with Crippen LogP contribution in [0.15, 0.2) is 47.5 Å². The molecule has 1 aliphatic heterocycles. The number of nitrogens with zero attached hydrogens (tertiary/aromatic N) is 3. The van der Waals surface area contributed by atoms with Gasteiger partial charge in [0.05, 0.1) is 30.2 Å². The van der Waals surface area contributed by atoms with Crippen molar-refractivity contribution < 1.29 is 19.1 Å². The van der Waals surface area contributed by atoms with Gasteiger partial charge in [-0.15, -0.1) is 0 Å². The van der Waals surface area contributed by atoms with Crippen molar-refractivity contribution in [2.75, 3.05) is 31.7 Å². The molecule has 1 N–H and O–H groups in total. The predicted molar refractivity (Wildman–Crippen MR) is 136 cm³/mol. The molecule has 2 aromatic carbocycles. The highest BCUT2D eigenvalue weighted by molar-refractivity contribution is 6.32. The van der Waals surface area contributed by atoms with Crippen LogP contribution in [0, 0.1) is 12.3 Å². The monoisotopic (exact) mass is 498 g/mol. The molecule has 0 spiro atoms. The van der Waals surface area contributed by atoms with Gasteiger partial charge in [-0.25, -0.2) is 9.79 Å². The Morgan fingerprint density at radius 3 is 2.51 bits per heavy atom. The van der Waals surface area contributed by atoms with Crippen molar-refractivity contribution in [2.45, 2.75) is 40.2 Å². The molecule has 1 fully saturated rings. The van der Waals surface area contributed by atoms with Crippen molar-refractivity contribution in [2.24, 2.45) is 10.4 Å². The first kappa shape index (κ1) is 24.9. The summed E-state index contributed by atoms with van der Waals surface area (Å²) in [5.41, 5.74) is 2.18. The van der Waals surface area contributed by atoms with E-state index in [2.05, 4.69) is 10.3 Å². The third-order valence-electron chi connectivity index (χ3n) is 6.15. The Balaban J connectivity index is 1.57. The van der Waals surface area contributed by atoms with Gasteiger partial charge in [0.25, 0.3) is 0 Å². The lowest BCUT2D eigenvalue weighted by molar-refractivity contribution is -0.150. The zero-order valence-electron chi connectivity index (χ0n) is 20.3. The molecular weight excluding hydrogens is 468 g/mol. The first-order valence-corrected chi connectivity index (χ1v) is 12.3. The maximum Gasteiger partial charge on any atom is 0.328 e. The first-order valence-electron chi connectivity index (χ1n) is 11.9. The second kappa shape index (κ2) is 10.6. The number of hydrogen-bond acceptors (Lipinski definition) is 6. The number of nitrogens with one attached hydrogen (secondary N) is 1. The zero-order valence-corrected chi connectivity index (χ0v) is 21.1. The van der Waals surface area contributed by atoms with E-state index in [0.29, 0.717) is 61.6 Å². The summed E-state index contributed by atoms with van der Waals surface area (Å²) >= 11 is 6.36. The van der Waals surface area contributed by atoms with Crippen LogP contribution < -0.4 is 10.1 Å². The standard InChI is InChI=1S/C26H31ClN4O4/c1-4-34-22-11-10-20(14-21(22)27)29-24-28-17-30(16-26(12-13-26)23(32)35-5-2)25(33)31(24)15-19-8-6-18(3)7-9-19/h6-11,14H,4-5,12-13,15-17H2,1-3H3,(H,28,29). The molecule has 1 saturated carbocycles. The van der Waals surface area contributed by atoms with Crippen molar-refractivity contribution in [1.82, 2.24) is 9.80 Å². The highest BCUT2D eigenvalue weighted by Crippen LogP contribution is 2.47. The van der Waals surface area contributed by atoms with E-state index in [4.69, 9.17) is 21.1 Å². The van der Waals surface area contributed by atoms with E-state index < -0.39 is 5.41 Å². The molecule has 0 aromatic heterocycles. The number of amides is 2. The van der Waals surface area contributed by atoms with Gasteiger partial charge in [-0.3, -0.25) is 9.69 Å². The molecule has 8 nitrogen and oxygen atoms in total. The Morgan fingerprint density at radius 2 is 1.89 bits per heavy atom. The summed E-state index contributed by atoms with van der Waals surface area (Å²) in [6, 6.07) is 13.2. The number of ether oxygens (including phenoxy) is 2. The Hall–Kier alpha value is -3.26. The molecule has 0 saturated heterocycles. The number of hydrogen-bond donors (Lipinski definition) is 1. The predicted octanol–water partition coefficient (Wildman–Crippen LogP) is 5.05. The lowest BCUT2D eigenvalue weighted by Crippen LogP contribution is -2.54. The molecule has 1 aliphatic carbocycles. The fourth-order valence-electron chi connectivity index (χ4n) is 4.01. The molecule has 0 radical (unpaired) electrons. The molecule has 35 heavy (non-hydrogen) atoms. The van der Waals surface area contributed by atoms with Crippen molar-refractivity contribution in [3.05, 3.63) is 58.6 Å². The van der Waals surface area contributed by atoms with E-state index in [1.807, 2.05) is 44.2 Å². The third kappa shape index (κ3) is 5.70. The number of rotatable bonds is 9. The van der Waals surface area contributed by atoms with Gasteiger partial charge in [-0.1, -0.05) is 41.4 Å². The number of esters is 1. The molecule has 2 aromatic rings. The lowest BCUT2D eigenvalue weighted by atomic mass is 10.1. The second-order valence-corrected chi connectivity index (χ2v) is 9.29. The maximum absolute atomic E-state index is 13.6. The van der Waals surface area contributed by atoms with E-state index >= 15 is 0 Å². The summed E-state index contributed by atoms with van der Waals surface area (Å²) in [4.78, 5) is 34.0. The number of aliphatic imine (C=N–C) groups is 1. The van der Waals surface area contributed by atoms with Crippen molar-refractivity contribution >= 4 is 35.2 Å². The van der Waals surface area contributed by atoms with Crippen LogP contribution >= 0.6 is 11.6 Å². The second-order valence-electron chi connectivity index (χ2n) is 8.88. The van der Waals surface area contributed by atoms with E-state index in [1.54, 1.807) is 28.9 Å². The third-order valence-corrected chi connectivity index (χ3v) is 6.45. The van der Waals surface area contributed by atoms with Crippen LogP contribution in [0.25, 0.3) is 0 Å². The number of halogens is 1. The van der Waals surface area contributed by atoms with Crippen LogP contribution in [0.5, 0.6) is 5.75 Å². The Bertz CT molecular complexity index is 1110. The zero-order chi connectivity index (χ0) is 25.0. The molecule has 4 rings (SSSR count). The number of benzene rings is 2. The number of guanidine groups is 1. The summed E-state index contributed by atoms with van der Waals surface area (Å²) in [7, 11) is 0. The minimum atomic E-state index is -0.621. The quantitative estimate of drug-likeness (QED) is 0.489. The molecule has 9 heteroatoms. The molecule has 1 heterocycles. The van der Waals surface area contributed by atoms with Gasteiger partial charge in [-0.2, -0.15) is 0 Å². The van der Waals surface area contributed by atoms with Crippen LogP contribution in [0.3, 0.4) is 0 Å². The average Bonchev–Trinajstić information content (AvgIpc) is 3.62. The fourth-order valence-corrected chi connectivity index (χ4v) is 4.25. The molecule has 0 atom stereocenters. The van der Waals surface area contributed by atoms with Crippen molar-refractivity contribution in [3.63, 3.8) is 0 Å². The van der Waals surface area contributed by atoms with Gasteiger partial charge in [0, 0.05) is 12.2 Å². The number of anilines is 1. The molecule has 0 bridgehead atoms. The lowest BCUT2D eigenvalue weighted by Gasteiger charge is -2.36. The molecule has 0 unspecified atom stereocenters. The number of urea groups is 1. The van der Waals surface area contributed by atoms with Gasteiger partial charge < -0.3 is 19.7 Å². The fraction of sp³-hybridized carbons (Fsp3) is 0.423. The summed E-state index contributed by atoms with van der Waals surface area (Å²) in [5.74, 6) is 0.778. The van der Waals surface area contributed by atoms with Gasteiger partial charge in [0.1, 0.15) is 12.4 Å². The topological polar surface area (TPSA) is 83.5 Å². The Kier molecular flexibility index (Phi) is 7.50. The SMILES string of the molecule is CCOC(=O)C1(CN2CN=C(Nc3ccc(OCC)c(Cl)c3)N(Cc3ccc(C)cc3)C2=O)CC1. The smallest absolute Gasteiger partial charge is 0.328 e. The summed E-state index contributed by atoms with van der Waals surface area (Å²) < 4.78 is 10.8. The summed E-state index contributed by atoms with van der Waals surface area (Å²) in [6.45, 7) is 7.32. The van der Waals surface area contributed by atoms with Crippen LogP contribution in [0.1, 0.15) is 37.8 Å². The molecule has 186 valence electrons. The highest BCUT2D eigenvalue weighted by Gasteiger charge is 2.53. The van der Waals surface area contributed by atoms with Crippen molar-refractivity contribution in [3.8, 4) is 5.75 Å². The van der Waals surface area contributed by atoms with Gasteiger partial charge in [-0.05, 0) is 57.4 Å². The van der Waals surface area contributed by atoms with E-state index in [9.17, 15) is 9.59 Å². The summed E-state index contributed by atoms with van der Waals surface area (Å²) in [5, 5.41) is 3.71. The van der Waals surface area contributed by atoms with Gasteiger partial charge in [0.2, 0.25) is 5.96 Å². The largest absolute Gasteiger partial charge is 0.492 e. The van der Waals surface area contributed by atoms with E-state index in [-0.39, 0.29) is 18.7 Å². The highest BCUT2D eigenvalue weighted by atomic mass is 35.5. The minimum Gasteiger partial charge on any atom is -0.492 e. The van der Waals surface area contributed by atoms with Crippen LogP contribution in [-0.2, 0) is 16.1 Å². The minimum absolute atomic E-state index is 0.150. The van der Waals surface area contributed by atoms with Crippen LogP contribution in [-0.4, -0.2) is 54.2 Å². The van der Waals surface area contributed by atoms with Crippen molar-refractivity contribution in [1.29, 1.82) is 0 Å². The average molecular weight is 499 g/mol. The van der Waals surface area contributed by atoms with E-state index in [0.717, 1.165) is 11.1 Å². The molecule has 2 amide bonds. The first-order chi connectivity index (χ1) is 16.8. The number of aryl methyl sites for hydroxylation is 1. The van der Waals surface area contributed by atoms with Gasteiger partial charge in [0.15, 0.2) is 0 Å². The van der Waals surface area contributed by atoms with E-state index in [1.165, 1.54) is 0 Å². The Morgan fingerprint density at radius 1 is 1.14 bits per heavy atom. The summed E-state index contributed by atoms with van der Waals surface area (Å²) in [6.07, 6.45) is 1.43. The molecular formula is C26H31ClN4O4. The van der Waals surface area contributed by atoms with Crippen LogP contribution in [0.4, 0.5) is 10.5 Å². The van der Waals surface area contributed by atoms with Crippen LogP contribution in [0.2, 0.25) is 5.02 Å². The maximum atomic E-state index is 13.6. The molecule has 2 aliphatic rings. The number of carbonyl (C=O) groups excluding carboxylic acids is 2. The number of carbonyl (C=O) groups is 2. The van der Waals surface area contributed by atoms with Gasteiger partial charge >= 0.3 is 12.0 Å².